The number of aliphatic hydroxyl groups is 1. The van der Waals surface area contributed by atoms with Gasteiger partial charge in [-0.2, -0.15) is 0 Å². The second kappa shape index (κ2) is 25.7. The van der Waals surface area contributed by atoms with Crippen LogP contribution in [-0.4, -0.2) is 37.6 Å². The summed E-state index contributed by atoms with van der Waals surface area (Å²) in [6.45, 7) is 7.65. The standard InChI is InChI=1S/C26H52O3/c1-3-4-5-6-7-8-9-10-11-12-13-14-15-16-17-18-19-20-21-26(2)29-25-24-28-23-22-27/h3,26-27H,1,4-25H2,2H3. The van der Waals surface area contributed by atoms with Crippen molar-refractivity contribution in [2.75, 3.05) is 26.4 Å². The van der Waals surface area contributed by atoms with Crippen LogP contribution in [0.25, 0.3) is 0 Å². The summed E-state index contributed by atoms with van der Waals surface area (Å²) >= 11 is 0. The largest absolute Gasteiger partial charge is 0.394 e. The Morgan fingerprint density at radius 1 is 0.655 bits per heavy atom. The molecule has 0 aromatic rings. The SMILES string of the molecule is C=CCCCCCCCCCCCCCCCCCCC(C)OCCOCCO. The number of unbranched alkanes of at least 4 members (excludes halogenated alkanes) is 16. The van der Waals surface area contributed by atoms with E-state index in [-0.39, 0.29) is 6.61 Å². The highest BCUT2D eigenvalue weighted by atomic mass is 16.5. The Morgan fingerprint density at radius 3 is 1.55 bits per heavy atom. The van der Waals surface area contributed by atoms with Gasteiger partial charge in [0.05, 0.1) is 32.5 Å². The first kappa shape index (κ1) is 28.6. The van der Waals surface area contributed by atoms with Crippen molar-refractivity contribution in [1.29, 1.82) is 0 Å². The topological polar surface area (TPSA) is 38.7 Å². The molecule has 0 heterocycles. The van der Waals surface area contributed by atoms with Crippen molar-refractivity contribution >= 4 is 0 Å². The average Bonchev–Trinajstić information content (AvgIpc) is 2.72. The van der Waals surface area contributed by atoms with Gasteiger partial charge in [-0.1, -0.05) is 102 Å². The van der Waals surface area contributed by atoms with Gasteiger partial charge in [-0.15, -0.1) is 6.58 Å². The van der Waals surface area contributed by atoms with Crippen LogP contribution in [0.2, 0.25) is 0 Å². The highest BCUT2D eigenvalue weighted by Gasteiger charge is 2.02. The number of allylic oxidation sites excluding steroid dienone is 1. The lowest BCUT2D eigenvalue weighted by Gasteiger charge is -2.12. The van der Waals surface area contributed by atoms with Gasteiger partial charge in [0.15, 0.2) is 0 Å². The molecule has 0 bridgehead atoms. The molecule has 1 atom stereocenters. The van der Waals surface area contributed by atoms with Gasteiger partial charge in [-0.05, 0) is 26.2 Å². The first-order chi connectivity index (χ1) is 14.3. The Balaban J connectivity index is 3.08. The lowest BCUT2D eigenvalue weighted by Crippen LogP contribution is -2.13. The molecular weight excluding hydrogens is 360 g/mol. The minimum absolute atomic E-state index is 0.0900. The predicted molar refractivity (Wildman–Crippen MR) is 127 cm³/mol. The van der Waals surface area contributed by atoms with Crippen LogP contribution in [0.1, 0.15) is 122 Å². The van der Waals surface area contributed by atoms with Gasteiger partial charge < -0.3 is 14.6 Å². The third-order valence-corrected chi connectivity index (χ3v) is 5.63. The predicted octanol–water partition coefficient (Wildman–Crippen LogP) is 7.61. The molecule has 1 unspecified atom stereocenters. The maximum atomic E-state index is 8.63. The van der Waals surface area contributed by atoms with Crippen molar-refractivity contribution in [1.82, 2.24) is 0 Å². The van der Waals surface area contributed by atoms with Crippen LogP contribution in [-0.2, 0) is 9.47 Å². The monoisotopic (exact) mass is 412 g/mol. The van der Waals surface area contributed by atoms with E-state index in [4.69, 9.17) is 14.6 Å². The zero-order chi connectivity index (χ0) is 21.3. The molecule has 0 aliphatic carbocycles. The fraction of sp³-hybridized carbons (Fsp3) is 0.923. The van der Waals surface area contributed by atoms with Crippen LogP contribution in [0.5, 0.6) is 0 Å². The van der Waals surface area contributed by atoms with Gasteiger partial charge in [0, 0.05) is 0 Å². The molecule has 0 fully saturated rings. The van der Waals surface area contributed by atoms with Crippen molar-refractivity contribution in [3.63, 3.8) is 0 Å². The Kier molecular flexibility index (Phi) is 25.3. The van der Waals surface area contributed by atoms with E-state index in [2.05, 4.69) is 13.5 Å². The quantitative estimate of drug-likeness (QED) is 0.124. The van der Waals surface area contributed by atoms with Crippen molar-refractivity contribution in [2.45, 2.75) is 129 Å². The third kappa shape index (κ3) is 25.6. The van der Waals surface area contributed by atoms with Crippen molar-refractivity contribution in [3.05, 3.63) is 12.7 Å². The molecule has 0 rings (SSSR count). The van der Waals surface area contributed by atoms with Crippen molar-refractivity contribution in [3.8, 4) is 0 Å². The van der Waals surface area contributed by atoms with Crippen LogP contribution in [0, 0.1) is 0 Å². The number of hydrogen-bond acceptors (Lipinski definition) is 3. The molecule has 0 aliphatic heterocycles. The van der Waals surface area contributed by atoms with E-state index in [1.54, 1.807) is 0 Å². The van der Waals surface area contributed by atoms with Gasteiger partial charge in [0.25, 0.3) is 0 Å². The van der Waals surface area contributed by atoms with Gasteiger partial charge in [-0.3, -0.25) is 0 Å². The minimum atomic E-state index is 0.0900. The van der Waals surface area contributed by atoms with E-state index in [0.29, 0.717) is 25.9 Å². The molecule has 0 aliphatic rings. The zero-order valence-corrected chi connectivity index (χ0v) is 19.7. The minimum Gasteiger partial charge on any atom is -0.394 e. The molecule has 0 saturated carbocycles. The molecule has 3 nitrogen and oxygen atoms in total. The van der Waals surface area contributed by atoms with Crippen molar-refractivity contribution in [2.24, 2.45) is 0 Å². The van der Waals surface area contributed by atoms with E-state index in [1.807, 2.05) is 6.08 Å². The smallest absolute Gasteiger partial charge is 0.0704 e. The number of hydrogen-bond donors (Lipinski definition) is 1. The summed E-state index contributed by atoms with van der Waals surface area (Å²) in [5, 5.41) is 8.63. The summed E-state index contributed by atoms with van der Waals surface area (Å²) in [5.41, 5.74) is 0. The third-order valence-electron chi connectivity index (χ3n) is 5.63. The van der Waals surface area contributed by atoms with Gasteiger partial charge in [-0.25, -0.2) is 0 Å². The maximum Gasteiger partial charge on any atom is 0.0704 e. The molecule has 0 aromatic carbocycles. The molecule has 174 valence electrons. The lowest BCUT2D eigenvalue weighted by atomic mass is 10.0. The number of aliphatic hydroxyl groups excluding tert-OH is 1. The molecule has 0 spiro atoms. The Bertz CT molecular complexity index is 306. The highest BCUT2D eigenvalue weighted by Crippen LogP contribution is 2.15. The second-order valence-corrected chi connectivity index (χ2v) is 8.54. The Hall–Kier alpha value is -0.380. The molecule has 29 heavy (non-hydrogen) atoms. The first-order valence-electron chi connectivity index (χ1n) is 12.7. The normalized spacial score (nSPS) is 12.3. The number of ether oxygens (including phenoxy) is 2. The van der Waals surface area contributed by atoms with Gasteiger partial charge in [0.1, 0.15) is 0 Å². The summed E-state index contributed by atoms with van der Waals surface area (Å²) in [6, 6.07) is 0. The van der Waals surface area contributed by atoms with E-state index in [1.165, 1.54) is 109 Å². The maximum absolute atomic E-state index is 8.63. The summed E-state index contributed by atoms with van der Waals surface area (Å²) in [7, 11) is 0. The van der Waals surface area contributed by atoms with E-state index < -0.39 is 0 Å². The van der Waals surface area contributed by atoms with E-state index in [9.17, 15) is 0 Å². The van der Waals surface area contributed by atoms with Crippen LogP contribution in [0.15, 0.2) is 12.7 Å². The van der Waals surface area contributed by atoms with Crippen molar-refractivity contribution < 1.29 is 14.6 Å². The fourth-order valence-electron chi connectivity index (χ4n) is 3.75. The molecule has 0 aromatic heterocycles. The van der Waals surface area contributed by atoms with Crippen LogP contribution < -0.4 is 0 Å². The second-order valence-electron chi connectivity index (χ2n) is 8.54. The van der Waals surface area contributed by atoms with Crippen LogP contribution >= 0.6 is 0 Å². The number of rotatable bonds is 25. The molecule has 0 radical (unpaired) electrons. The lowest BCUT2D eigenvalue weighted by molar-refractivity contribution is 0.000782. The molecule has 0 amide bonds. The van der Waals surface area contributed by atoms with Gasteiger partial charge >= 0.3 is 0 Å². The fourth-order valence-corrected chi connectivity index (χ4v) is 3.75. The molecule has 0 saturated heterocycles. The average molecular weight is 413 g/mol. The Morgan fingerprint density at radius 2 is 1.10 bits per heavy atom. The molecule has 3 heteroatoms. The summed E-state index contributed by atoms with van der Waals surface area (Å²) in [6.07, 6.45) is 27.1. The van der Waals surface area contributed by atoms with E-state index in [0.717, 1.165) is 6.42 Å². The summed E-state index contributed by atoms with van der Waals surface area (Å²) in [5.74, 6) is 0. The molecular formula is C26H52O3. The first-order valence-corrected chi connectivity index (χ1v) is 12.7. The van der Waals surface area contributed by atoms with E-state index >= 15 is 0 Å². The highest BCUT2D eigenvalue weighted by molar-refractivity contribution is 4.65. The Labute approximate surface area is 182 Å². The summed E-state index contributed by atoms with van der Waals surface area (Å²) < 4.78 is 10.9. The van der Waals surface area contributed by atoms with Crippen LogP contribution in [0.3, 0.4) is 0 Å². The van der Waals surface area contributed by atoms with Gasteiger partial charge in [0.2, 0.25) is 0 Å². The zero-order valence-electron chi connectivity index (χ0n) is 19.7. The van der Waals surface area contributed by atoms with Crippen LogP contribution in [0.4, 0.5) is 0 Å². The molecule has 1 N–H and O–H groups in total. The summed E-state index contributed by atoms with van der Waals surface area (Å²) in [4.78, 5) is 0.